The van der Waals surface area contributed by atoms with Gasteiger partial charge in [0.2, 0.25) is 0 Å². The number of aryl methyl sites for hydroxylation is 1. The van der Waals surface area contributed by atoms with Crippen molar-refractivity contribution in [1.29, 1.82) is 0 Å². The summed E-state index contributed by atoms with van der Waals surface area (Å²) in [6, 6.07) is 17.3. The molecule has 2 heteroatoms. The molecule has 21 heavy (non-hydrogen) atoms. The summed E-state index contributed by atoms with van der Waals surface area (Å²) in [4.78, 5) is 4.72. The normalized spacial score (nSPS) is 11.8. The van der Waals surface area contributed by atoms with Crippen LogP contribution in [0.25, 0.3) is 22.0 Å². The van der Waals surface area contributed by atoms with Crippen LogP contribution < -0.4 is 5.19 Å². The third-order valence-corrected chi connectivity index (χ3v) is 6.10. The van der Waals surface area contributed by atoms with Crippen LogP contribution >= 0.6 is 0 Å². The fourth-order valence-corrected chi connectivity index (χ4v) is 4.55. The van der Waals surface area contributed by atoms with Crippen LogP contribution in [0, 0.1) is 6.92 Å². The van der Waals surface area contributed by atoms with Crippen molar-refractivity contribution in [2.45, 2.75) is 26.6 Å². The predicted molar refractivity (Wildman–Crippen MR) is 94.9 cm³/mol. The molecule has 0 aliphatic carbocycles. The van der Waals surface area contributed by atoms with E-state index in [4.69, 9.17) is 4.98 Å². The Morgan fingerprint density at radius 1 is 0.857 bits per heavy atom. The van der Waals surface area contributed by atoms with Gasteiger partial charge in [-0.3, -0.25) is 4.98 Å². The first-order valence-corrected chi connectivity index (χ1v) is 10.9. The van der Waals surface area contributed by atoms with Crippen molar-refractivity contribution in [3.8, 4) is 11.3 Å². The Hall–Kier alpha value is -1.93. The second-order valence-electron chi connectivity index (χ2n) is 6.70. The molecular weight excluding hydrogens is 270 g/mol. The van der Waals surface area contributed by atoms with E-state index in [0.29, 0.717) is 0 Å². The van der Waals surface area contributed by atoms with Gasteiger partial charge in [0.05, 0.1) is 13.8 Å². The standard InChI is InChI=1S/C19H21NSi/c1-14-11-18(20-13-19(14)21(2,3)4)17-10-9-15-7-5-6-8-16(15)12-17/h5-13H,1-4H3. The molecule has 0 radical (unpaired) electrons. The van der Waals surface area contributed by atoms with Gasteiger partial charge in [-0.25, -0.2) is 0 Å². The number of fused-ring (bicyclic) bond motifs is 1. The highest BCUT2D eigenvalue weighted by Gasteiger charge is 2.19. The van der Waals surface area contributed by atoms with E-state index in [9.17, 15) is 0 Å². The molecule has 0 aliphatic rings. The summed E-state index contributed by atoms with van der Waals surface area (Å²) in [5, 5.41) is 3.99. The van der Waals surface area contributed by atoms with Gasteiger partial charge in [0, 0.05) is 11.8 Å². The highest BCUT2D eigenvalue weighted by Crippen LogP contribution is 2.23. The van der Waals surface area contributed by atoms with Crippen LogP contribution in [0.4, 0.5) is 0 Å². The number of rotatable bonds is 2. The van der Waals surface area contributed by atoms with Gasteiger partial charge in [0.25, 0.3) is 0 Å². The summed E-state index contributed by atoms with van der Waals surface area (Å²) in [5.41, 5.74) is 3.63. The second-order valence-corrected chi connectivity index (χ2v) is 11.7. The van der Waals surface area contributed by atoms with E-state index in [1.165, 1.54) is 27.1 Å². The smallest absolute Gasteiger partial charge is 0.0799 e. The third kappa shape index (κ3) is 2.77. The van der Waals surface area contributed by atoms with Crippen molar-refractivity contribution in [1.82, 2.24) is 4.98 Å². The van der Waals surface area contributed by atoms with Gasteiger partial charge >= 0.3 is 0 Å². The lowest BCUT2D eigenvalue weighted by atomic mass is 10.0. The number of nitrogens with zero attached hydrogens (tertiary/aromatic N) is 1. The molecule has 0 saturated heterocycles. The van der Waals surface area contributed by atoms with Gasteiger partial charge in [-0.1, -0.05) is 56.0 Å². The van der Waals surface area contributed by atoms with Crippen LogP contribution in [0.5, 0.6) is 0 Å². The summed E-state index contributed by atoms with van der Waals surface area (Å²) in [6.07, 6.45) is 2.09. The largest absolute Gasteiger partial charge is 0.256 e. The van der Waals surface area contributed by atoms with Crippen molar-refractivity contribution < 1.29 is 0 Å². The molecule has 1 aromatic heterocycles. The van der Waals surface area contributed by atoms with Gasteiger partial charge in [0.15, 0.2) is 0 Å². The molecule has 0 bridgehead atoms. The molecule has 106 valence electrons. The Labute approximate surface area is 127 Å². The molecule has 2 aromatic carbocycles. The van der Waals surface area contributed by atoms with E-state index < -0.39 is 8.07 Å². The molecule has 0 aliphatic heterocycles. The predicted octanol–water partition coefficient (Wildman–Crippen LogP) is 4.76. The molecule has 0 amide bonds. The zero-order valence-electron chi connectivity index (χ0n) is 13.1. The lowest BCUT2D eigenvalue weighted by Gasteiger charge is -2.19. The molecule has 0 atom stereocenters. The zero-order valence-corrected chi connectivity index (χ0v) is 14.1. The van der Waals surface area contributed by atoms with Gasteiger partial charge in [-0.15, -0.1) is 0 Å². The quantitative estimate of drug-likeness (QED) is 0.621. The summed E-state index contributed by atoms with van der Waals surface area (Å²) in [5.74, 6) is 0. The molecule has 1 nitrogen and oxygen atoms in total. The minimum absolute atomic E-state index is 1.07. The number of hydrogen-bond donors (Lipinski definition) is 0. The lowest BCUT2D eigenvalue weighted by molar-refractivity contribution is 1.30. The van der Waals surface area contributed by atoms with E-state index >= 15 is 0 Å². The average Bonchev–Trinajstić information content (AvgIpc) is 2.45. The maximum atomic E-state index is 4.72. The third-order valence-electron chi connectivity index (χ3n) is 3.96. The average molecular weight is 291 g/mol. The van der Waals surface area contributed by atoms with E-state index in [1.54, 1.807) is 0 Å². The SMILES string of the molecule is Cc1cc(-c2ccc3ccccc3c2)ncc1[Si](C)(C)C. The second kappa shape index (κ2) is 5.12. The molecule has 0 N–H and O–H groups in total. The Morgan fingerprint density at radius 3 is 2.24 bits per heavy atom. The summed E-state index contributed by atoms with van der Waals surface area (Å²) in [6.45, 7) is 9.31. The first kappa shape index (κ1) is 14.0. The minimum atomic E-state index is -1.31. The van der Waals surface area contributed by atoms with Gasteiger partial charge < -0.3 is 0 Å². The van der Waals surface area contributed by atoms with Crippen LogP contribution in [0.1, 0.15) is 5.56 Å². The highest BCUT2D eigenvalue weighted by atomic mass is 28.3. The van der Waals surface area contributed by atoms with Crippen LogP contribution in [0.2, 0.25) is 19.6 Å². The molecule has 1 heterocycles. The number of hydrogen-bond acceptors (Lipinski definition) is 1. The van der Waals surface area contributed by atoms with Crippen LogP contribution in [-0.2, 0) is 0 Å². The van der Waals surface area contributed by atoms with E-state index in [-0.39, 0.29) is 0 Å². The van der Waals surface area contributed by atoms with Crippen LogP contribution in [-0.4, -0.2) is 13.1 Å². The van der Waals surface area contributed by atoms with Crippen LogP contribution in [0.3, 0.4) is 0 Å². The monoisotopic (exact) mass is 291 g/mol. The maximum absolute atomic E-state index is 4.72. The summed E-state index contributed by atoms with van der Waals surface area (Å²) < 4.78 is 0. The van der Waals surface area contributed by atoms with Crippen LogP contribution in [0.15, 0.2) is 54.7 Å². The fourth-order valence-electron chi connectivity index (χ4n) is 2.85. The highest BCUT2D eigenvalue weighted by molar-refractivity contribution is 6.89. The molecule has 0 unspecified atom stereocenters. The van der Waals surface area contributed by atoms with E-state index in [0.717, 1.165) is 5.69 Å². The summed E-state index contributed by atoms with van der Waals surface area (Å²) >= 11 is 0. The zero-order chi connectivity index (χ0) is 15.0. The Bertz CT molecular complexity index is 800. The van der Waals surface area contributed by atoms with Crippen molar-refractivity contribution in [3.63, 3.8) is 0 Å². The summed E-state index contributed by atoms with van der Waals surface area (Å²) in [7, 11) is -1.31. The fraction of sp³-hybridized carbons (Fsp3) is 0.211. The Balaban J connectivity index is 2.08. The van der Waals surface area contributed by atoms with E-state index in [1.807, 2.05) is 0 Å². The Kier molecular flexibility index (Phi) is 3.42. The molecule has 0 spiro atoms. The molecular formula is C19H21NSi. The Morgan fingerprint density at radius 2 is 1.57 bits per heavy atom. The van der Waals surface area contributed by atoms with Crippen molar-refractivity contribution in [3.05, 3.63) is 60.3 Å². The van der Waals surface area contributed by atoms with Crippen molar-refractivity contribution in [2.75, 3.05) is 0 Å². The van der Waals surface area contributed by atoms with Gasteiger partial charge in [-0.05, 0) is 40.6 Å². The number of aromatic nitrogens is 1. The minimum Gasteiger partial charge on any atom is -0.256 e. The number of benzene rings is 2. The van der Waals surface area contributed by atoms with E-state index in [2.05, 4.69) is 81.3 Å². The molecule has 0 saturated carbocycles. The van der Waals surface area contributed by atoms with Crippen molar-refractivity contribution in [2.24, 2.45) is 0 Å². The van der Waals surface area contributed by atoms with Gasteiger partial charge in [0.1, 0.15) is 0 Å². The van der Waals surface area contributed by atoms with Gasteiger partial charge in [-0.2, -0.15) is 0 Å². The molecule has 0 fully saturated rings. The lowest BCUT2D eigenvalue weighted by Crippen LogP contribution is -2.39. The molecule has 3 rings (SSSR count). The number of pyridine rings is 1. The van der Waals surface area contributed by atoms with Crippen molar-refractivity contribution >= 4 is 24.0 Å². The first-order chi connectivity index (χ1) is 9.95. The topological polar surface area (TPSA) is 12.9 Å². The molecule has 3 aromatic rings. The first-order valence-electron chi connectivity index (χ1n) is 7.41. The maximum Gasteiger partial charge on any atom is 0.0799 e.